The molecule has 0 bridgehead atoms. The van der Waals surface area contributed by atoms with Crippen molar-refractivity contribution in [2.75, 3.05) is 13.7 Å². The summed E-state index contributed by atoms with van der Waals surface area (Å²) < 4.78 is 32.2. The summed E-state index contributed by atoms with van der Waals surface area (Å²) in [5.41, 5.74) is 5.90. The fourth-order valence-electron chi connectivity index (χ4n) is 1.60. The maximum Gasteiger partial charge on any atom is 0.244 e. The third-order valence-corrected chi connectivity index (χ3v) is 4.23. The van der Waals surface area contributed by atoms with Crippen LogP contribution >= 0.6 is 0 Å². The molecule has 5 nitrogen and oxygen atoms in total. The number of ether oxygens (including phenoxy) is 1. The third-order valence-electron chi connectivity index (χ3n) is 2.69. The molecule has 1 aromatic carbocycles. The number of sulfonamides is 1. The predicted octanol–water partition coefficient (Wildman–Crippen LogP) is 0.446. The van der Waals surface area contributed by atoms with E-state index in [0.717, 1.165) is 12.8 Å². The molecule has 3 N–H and O–H groups in total. The molecule has 0 saturated heterocycles. The molecule has 0 radical (unpaired) electrons. The fourth-order valence-corrected chi connectivity index (χ4v) is 3.10. The van der Waals surface area contributed by atoms with Gasteiger partial charge in [0, 0.05) is 11.6 Å². The van der Waals surface area contributed by atoms with Crippen molar-refractivity contribution in [3.8, 4) is 17.6 Å². The SMILES string of the molecule is COc1ccc(C#CCN)cc1S(=O)(=O)NC1CC1. The van der Waals surface area contributed by atoms with E-state index in [9.17, 15) is 8.42 Å². The summed E-state index contributed by atoms with van der Waals surface area (Å²) >= 11 is 0. The first-order chi connectivity index (χ1) is 9.06. The molecule has 1 aliphatic rings. The van der Waals surface area contributed by atoms with Crippen LogP contribution < -0.4 is 15.2 Å². The minimum absolute atomic E-state index is 0.0495. The van der Waals surface area contributed by atoms with Crippen molar-refractivity contribution in [3.63, 3.8) is 0 Å². The highest BCUT2D eigenvalue weighted by molar-refractivity contribution is 7.89. The molecule has 1 fully saturated rings. The van der Waals surface area contributed by atoms with E-state index in [4.69, 9.17) is 10.5 Å². The molecule has 1 saturated carbocycles. The zero-order valence-corrected chi connectivity index (χ0v) is 11.5. The molecule has 0 spiro atoms. The average Bonchev–Trinajstić information content (AvgIpc) is 3.19. The van der Waals surface area contributed by atoms with Gasteiger partial charge in [-0.1, -0.05) is 11.8 Å². The van der Waals surface area contributed by atoms with E-state index in [1.165, 1.54) is 13.2 Å². The Morgan fingerprint density at radius 1 is 1.47 bits per heavy atom. The lowest BCUT2D eigenvalue weighted by atomic mass is 10.2. The van der Waals surface area contributed by atoms with Gasteiger partial charge in [0.1, 0.15) is 10.6 Å². The van der Waals surface area contributed by atoms with E-state index in [-0.39, 0.29) is 17.5 Å². The van der Waals surface area contributed by atoms with Gasteiger partial charge in [-0.15, -0.1) is 0 Å². The van der Waals surface area contributed by atoms with Crippen molar-refractivity contribution in [1.82, 2.24) is 4.72 Å². The quantitative estimate of drug-likeness (QED) is 0.784. The van der Waals surface area contributed by atoms with Crippen LogP contribution in [0.2, 0.25) is 0 Å². The van der Waals surface area contributed by atoms with Crippen molar-refractivity contribution in [2.24, 2.45) is 5.73 Å². The van der Waals surface area contributed by atoms with Crippen LogP contribution in [0.5, 0.6) is 5.75 Å². The summed E-state index contributed by atoms with van der Waals surface area (Å²) in [4.78, 5) is 0.116. The first-order valence-corrected chi connectivity index (χ1v) is 7.44. The lowest BCUT2D eigenvalue weighted by Gasteiger charge is -2.10. The van der Waals surface area contributed by atoms with Gasteiger partial charge in [0.05, 0.1) is 13.7 Å². The molecule has 0 aliphatic heterocycles. The maximum absolute atomic E-state index is 12.2. The van der Waals surface area contributed by atoms with Crippen LogP contribution in [0, 0.1) is 11.8 Å². The van der Waals surface area contributed by atoms with Gasteiger partial charge in [-0.2, -0.15) is 0 Å². The fraction of sp³-hybridized carbons (Fsp3) is 0.385. The van der Waals surface area contributed by atoms with Gasteiger partial charge in [0.2, 0.25) is 10.0 Å². The van der Waals surface area contributed by atoms with Crippen LogP contribution in [-0.2, 0) is 10.0 Å². The molecule has 0 amide bonds. The summed E-state index contributed by atoms with van der Waals surface area (Å²) in [6.07, 6.45) is 1.77. The van der Waals surface area contributed by atoms with Gasteiger partial charge in [0.25, 0.3) is 0 Å². The third kappa shape index (κ3) is 3.47. The molecule has 19 heavy (non-hydrogen) atoms. The van der Waals surface area contributed by atoms with Crippen molar-refractivity contribution in [1.29, 1.82) is 0 Å². The molecule has 1 aliphatic carbocycles. The van der Waals surface area contributed by atoms with Crippen LogP contribution in [0.25, 0.3) is 0 Å². The first-order valence-electron chi connectivity index (χ1n) is 5.96. The Morgan fingerprint density at radius 3 is 2.79 bits per heavy atom. The number of hydrogen-bond acceptors (Lipinski definition) is 4. The molecule has 2 rings (SSSR count). The molecular weight excluding hydrogens is 264 g/mol. The van der Waals surface area contributed by atoms with Crippen molar-refractivity contribution < 1.29 is 13.2 Å². The number of hydrogen-bond donors (Lipinski definition) is 2. The van der Waals surface area contributed by atoms with Crippen LogP contribution in [0.3, 0.4) is 0 Å². The van der Waals surface area contributed by atoms with Gasteiger partial charge in [0.15, 0.2) is 0 Å². The van der Waals surface area contributed by atoms with Crippen molar-refractivity contribution in [3.05, 3.63) is 23.8 Å². The molecule has 0 aromatic heterocycles. The van der Waals surface area contributed by atoms with E-state index in [0.29, 0.717) is 11.3 Å². The summed E-state index contributed by atoms with van der Waals surface area (Å²) in [5.74, 6) is 5.82. The molecule has 0 heterocycles. The predicted molar refractivity (Wildman–Crippen MR) is 72.3 cm³/mol. The lowest BCUT2D eigenvalue weighted by molar-refractivity contribution is 0.402. The highest BCUT2D eigenvalue weighted by atomic mass is 32.2. The minimum atomic E-state index is -3.56. The zero-order valence-electron chi connectivity index (χ0n) is 10.6. The van der Waals surface area contributed by atoms with E-state index >= 15 is 0 Å². The smallest absolute Gasteiger partial charge is 0.244 e. The second-order valence-corrected chi connectivity index (χ2v) is 5.95. The van der Waals surface area contributed by atoms with Gasteiger partial charge >= 0.3 is 0 Å². The number of nitrogens with two attached hydrogens (primary N) is 1. The zero-order chi connectivity index (χ0) is 13.9. The summed E-state index contributed by atoms with van der Waals surface area (Å²) in [6.45, 7) is 0.231. The van der Waals surface area contributed by atoms with Crippen LogP contribution in [0.4, 0.5) is 0 Å². The number of nitrogens with one attached hydrogen (secondary N) is 1. The van der Waals surface area contributed by atoms with Gasteiger partial charge in [-0.25, -0.2) is 13.1 Å². The van der Waals surface area contributed by atoms with E-state index in [1.807, 2.05) is 0 Å². The second kappa shape index (κ2) is 5.61. The standard InChI is InChI=1S/C13H16N2O3S/c1-18-12-7-4-10(3-2-8-14)9-13(12)19(16,17)15-11-5-6-11/h4,7,9,11,15H,5-6,8,14H2,1H3. The average molecular weight is 280 g/mol. The highest BCUT2D eigenvalue weighted by Gasteiger charge is 2.29. The van der Waals surface area contributed by atoms with Gasteiger partial charge in [-0.05, 0) is 31.0 Å². The maximum atomic E-state index is 12.2. The lowest BCUT2D eigenvalue weighted by Crippen LogP contribution is -2.26. The minimum Gasteiger partial charge on any atom is -0.495 e. The summed E-state index contributed by atoms with van der Waals surface area (Å²) in [7, 11) is -2.12. The highest BCUT2D eigenvalue weighted by Crippen LogP contribution is 2.28. The molecule has 1 aromatic rings. The molecular formula is C13H16N2O3S. The number of benzene rings is 1. The molecule has 0 unspecified atom stereocenters. The summed E-state index contributed by atoms with van der Waals surface area (Å²) in [6, 6.07) is 4.86. The number of methoxy groups -OCH3 is 1. The second-order valence-electron chi connectivity index (χ2n) is 4.27. The van der Waals surface area contributed by atoms with E-state index < -0.39 is 10.0 Å². The Kier molecular flexibility index (Phi) is 4.10. The van der Waals surface area contributed by atoms with Crippen LogP contribution in [-0.4, -0.2) is 28.1 Å². The summed E-state index contributed by atoms with van der Waals surface area (Å²) in [5, 5.41) is 0. The normalized spacial score (nSPS) is 14.6. The van der Waals surface area contributed by atoms with E-state index in [2.05, 4.69) is 16.6 Å². The Labute approximate surface area is 113 Å². The van der Waals surface area contributed by atoms with Gasteiger partial charge < -0.3 is 10.5 Å². The van der Waals surface area contributed by atoms with Crippen molar-refractivity contribution in [2.45, 2.75) is 23.8 Å². The Balaban J connectivity index is 2.40. The largest absolute Gasteiger partial charge is 0.495 e. The Hall–Kier alpha value is -1.55. The molecule has 0 atom stereocenters. The Morgan fingerprint density at radius 2 is 2.21 bits per heavy atom. The molecule has 6 heteroatoms. The number of rotatable bonds is 4. The van der Waals surface area contributed by atoms with Crippen LogP contribution in [0.1, 0.15) is 18.4 Å². The topological polar surface area (TPSA) is 81.4 Å². The molecule has 102 valence electrons. The monoisotopic (exact) mass is 280 g/mol. The van der Waals surface area contributed by atoms with E-state index in [1.54, 1.807) is 12.1 Å². The first kappa shape index (κ1) is 13.9. The van der Waals surface area contributed by atoms with Crippen LogP contribution in [0.15, 0.2) is 23.1 Å². The van der Waals surface area contributed by atoms with Gasteiger partial charge in [-0.3, -0.25) is 0 Å². The van der Waals surface area contributed by atoms with Crippen molar-refractivity contribution >= 4 is 10.0 Å². The Bertz CT molecular complexity index is 625.